The van der Waals surface area contributed by atoms with Gasteiger partial charge in [0.05, 0.1) is 5.52 Å². The number of aromatic nitrogens is 5. The summed E-state index contributed by atoms with van der Waals surface area (Å²) in [5.74, 6) is -0.0929. The zero-order chi connectivity index (χ0) is 92.2. The van der Waals surface area contributed by atoms with E-state index in [0.717, 1.165) is 169 Å². The predicted octanol–water partition coefficient (Wildman–Crippen LogP) is 15.3. The smallest absolute Gasteiger partial charge is 0.267 e. The summed E-state index contributed by atoms with van der Waals surface area (Å²) in [5.41, 5.74) is 72.9. The van der Waals surface area contributed by atoms with Gasteiger partial charge in [-0.2, -0.15) is 0 Å². The Balaban J connectivity index is 0.000000147. The van der Waals surface area contributed by atoms with E-state index >= 15 is 0 Å². The molecule has 5 aromatic heterocycles. The number of rotatable bonds is 32. The van der Waals surface area contributed by atoms with Gasteiger partial charge in [0.25, 0.3) is 29.5 Å². The van der Waals surface area contributed by atoms with E-state index in [2.05, 4.69) is 188 Å². The molecule has 0 unspecified atom stereocenters. The Morgan fingerprint density at radius 2 is 0.662 bits per heavy atom. The zero-order valence-electron chi connectivity index (χ0n) is 74.2. The first kappa shape index (κ1) is 95.8. The second-order valence-corrected chi connectivity index (χ2v) is 33.7. The third-order valence-electron chi connectivity index (χ3n) is 23.4. The van der Waals surface area contributed by atoms with Crippen LogP contribution >= 0.6 is 0 Å². The maximum absolute atomic E-state index is 13.2. The van der Waals surface area contributed by atoms with Crippen molar-refractivity contribution < 1.29 is 32.8 Å². The molecule has 0 spiro atoms. The first-order chi connectivity index (χ1) is 62.9. The molecule has 26 heteroatoms. The first-order valence-corrected chi connectivity index (χ1v) is 44.7. The monoisotopic (exact) mass is 1760 g/mol. The highest BCUT2D eigenvalue weighted by atomic mass is 19.1. The maximum atomic E-state index is 13.2. The Bertz CT molecular complexity index is 6070. The first-order valence-electron chi connectivity index (χ1n) is 44.7. The summed E-state index contributed by atoms with van der Waals surface area (Å²) in [4.78, 5) is 78.0. The molecule has 10 aromatic carbocycles. The second-order valence-electron chi connectivity index (χ2n) is 33.7. The lowest BCUT2D eigenvalue weighted by molar-refractivity contribution is 0.0936. The van der Waals surface area contributed by atoms with E-state index in [1.165, 1.54) is 52.9 Å². The molecule has 0 saturated heterocycles. The van der Waals surface area contributed by atoms with Crippen LogP contribution in [0.2, 0.25) is 0 Å². The molecule has 0 aliphatic heterocycles. The van der Waals surface area contributed by atoms with E-state index in [0.29, 0.717) is 99.1 Å². The quantitative estimate of drug-likeness (QED) is 0.0186. The number of carbonyl (C=O) groups is 5. The molecule has 1 aliphatic carbocycles. The van der Waals surface area contributed by atoms with E-state index < -0.39 is 0 Å². The molecule has 24 nitrogen and oxygen atoms in total. The number of aromatic amines is 5. The number of para-hydroxylation sites is 1. The number of hydrogen-bond donors (Lipinski definition) is 19. The highest BCUT2D eigenvalue weighted by Crippen LogP contribution is 2.35. The van der Waals surface area contributed by atoms with Gasteiger partial charge in [-0.15, -0.1) is 0 Å². The van der Waals surface area contributed by atoms with Crippen molar-refractivity contribution in [1.82, 2.24) is 51.5 Å². The Kier molecular flexibility index (Phi) is 34.8. The average Bonchev–Trinajstić information content (AvgIpc) is 1.64. The molecule has 15 aromatic rings. The van der Waals surface area contributed by atoms with Crippen LogP contribution in [0, 0.1) is 44.2 Å². The van der Waals surface area contributed by atoms with Crippen molar-refractivity contribution in [2.75, 3.05) is 65.4 Å². The number of halogens is 2. The number of fused-ring (bicyclic) bond motifs is 5. The standard InChI is InChI=1S/C23H27N3O.C21H26N4O.2C20H23FN4O.C20H24N4O/c1-15-2-6-18(7-3-15)19-8-9-20-12-22(26-21(20)11-19)23(27)25-14-17-5-4-16(10-17)13-24;1-14-4-6-15(7-5-14)16-8-9-17-12-20(25-19(17)11-16)21(26)24-13-18(23)3-2-10-22;21-14-8-6-13(7-9-14)16-4-1-5-18-17(16)11-19(25-18)20(26)24-12-15(23)3-2-10-22;21-15-8-6-13(7-9-15)17-5-1-3-14-11-18(25-19(14)17)20(26)24-12-16(23)4-2-10-22;1-13-2-4-14(5-3-13)15-6-7-16-11-19(24-18(16)10-15)20(25)23-12-17(22)8-9-21/h2-3,6-9,11-12,16-17,26H,4-5,10,13-14,24H2,1H3,(H,25,27);4-9,11-12,18,25H,2-3,10,13,22-23H2,1H3,(H,24,26);1,4-9,11,15,25H,2-3,10,12,22-23H2,(H,24,26);1,3,5-9,11,16,25H,2,4,10,12,22-23H2,(H,24,26);2-7,10-11,17,24H,8-9,12,21-22H2,1H3,(H,23,25)/t16-,17+;18-;15-;16-;17-/m11000/s1. The summed E-state index contributed by atoms with van der Waals surface area (Å²) in [6.07, 6.45) is 9.07. The molecule has 6 atom stereocenters. The minimum Gasteiger partial charge on any atom is -0.351 e. The van der Waals surface area contributed by atoms with E-state index in [1.807, 2.05) is 78.9 Å². The van der Waals surface area contributed by atoms with Crippen LogP contribution in [0.5, 0.6) is 0 Å². The number of carbonyl (C=O) groups excluding carboxylic acids is 5. The summed E-state index contributed by atoms with van der Waals surface area (Å²) < 4.78 is 26.4. The van der Waals surface area contributed by atoms with Crippen molar-refractivity contribution in [1.29, 1.82) is 0 Å². The van der Waals surface area contributed by atoms with Crippen LogP contribution in [0.25, 0.3) is 110 Å². The van der Waals surface area contributed by atoms with Crippen LogP contribution in [-0.4, -0.2) is 144 Å². The van der Waals surface area contributed by atoms with Crippen molar-refractivity contribution >= 4 is 84.1 Å². The van der Waals surface area contributed by atoms with Crippen LogP contribution in [0.3, 0.4) is 0 Å². The van der Waals surface area contributed by atoms with E-state index in [4.69, 9.17) is 51.6 Å². The second kappa shape index (κ2) is 47.2. The number of nitrogens with one attached hydrogen (secondary N) is 10. The molecule has 5 heterocycles. The molecular formula is C104H123F2N19O5. The van der Waals surface area contributed by atoms with Gasteiger partial charge in [-0.05, 0) is 258 Å². The fraction of sp³-hybridized carbons (Fsp3) is 0.279. The normalized spacial score (nSPS) is 13.8. The van der Waals surface area contributed by atoms with Gasteiger partial charge in [0, 0.05) is 111 Å². The summed E-state index contributed by atoms with van der Waals surface area (Å²) in [6, 6.07) is 77.0. The van der Waals surface area contributed by atoms with Gasteiger partial charge in [-0.25, -0.2) is 8.78 Å². The number of hydrogen-bond acceptors (Lipinski definition) is 14. The topological polar surface area (TPSA) is 459 Å². The number of H-pyrrole nitrogens is 5. The number of benzene rings is 10. The van der Waals surface area contributed by atoms with Gasteiger partial charge >= 0.3 is 0 Å². The molecule has 28 N–H and O–H groups in total. The summed E-state index contributed by atoms with van der Waals surface area (Å²) in [5, 5.41) is 19.4. The van der Waals surface area contributed by atoms with Crippen LogP contribution in [-0.2, 0) is 0 Å². The molecule has 678 valence electrons. The molecule has 130 heavy (non-hydrogen) atoms. The zero-order valence-corrected chi connectivity index (χ0v) is 74.2. The van der Waals surface area contributed by atoms with Gasteiger partial charge in [-0.1, -0.05) is 180 Å². The number of nitrogens with two attached hydrogens (primary N) is 9. The third-order valence-corrected chi connectivity index (χ3v) is 23.4. The van der Waals surface area contributed by atoms with Crippen LogP contribution in [0.15, 0.2) is 243 Å². The Hall–Kier alpha value is -13.3. The van der Waals surface area contributed by atoms with Crippen LogP contribution in [0.1, 0.15) is 133 Å². The SMILES string of the molecule is Cc1ccc(-c2ccc3cc(C(=O)NC[C@@H](N)CCN)[nH]c3c2)cc1.Cc1ccc(-c2ccc3cc(C(=O)NC[C@H](N)CCCN)[nH]c3c2)cc1.Cc1ccc(-c2ccc3cc(C(=O)NC[C@H]4CC[C@@H](CN)C4)[nH]c3c2)cc1.NCCC[C@H](N)CNC(=O)c1cc2c(-c3ccc(F)cc3)cccc2[nH]1.NCCC[C@H](N)CNC(=O)c1cc2cccc(-c3ccc(F)cc3)c2[nH]1. The van der Waals surface area contributed by atoms with Crippen molar-refractivity contribution in [2.45, 2.75) is 109 Å². The van der Waals surface area contributed by atoms with Crippen molar-refractivity contribution in [3.05, 3.63) is 299 Å². The Morgan fingerprint density at radius 1 is 0.331 bits per heavy atom. The minimum absolute atomic E-state index is 0.0284. The molecule has 1 aliphatic rings. The maximum Gasteiger partial charge on any atom is 0.267 e. The van der Waals surface area contributed by atoms with Gasteiger partial charge in [0.1, 0.15) is 40.1 Å². The Morgan fingerprint density at radius 3 is 1.05 bits per heavy atom. The largest absolute Gasteiger partial charge is 0.351 e. The van der Waals surface area contributed by atoms with Crippen molar-refractivity contribution in [2.24, 2.45) is 63.4 Å². The van der Waals surface area contributed by atoms with Gasteiger partial charge in [0.2, 0.25) is 0 Å². The molecule has 16 rings (SSSR count). The minimum atomic E-state index is -0.279. The third kappa shape index (κ3) is 26.9. The Labute approximate surface area is 757 Å². The fourth-order valence-corrected chi connectivity index (χ4v) is 15.8. The van der Waals surface area contributed by atoms with E-state index in [1.54, 1.807) is 24.3 Å². The van der Waals surface area contributed by atoms with Crippen molar-refractivity contribution in [3.63, 3.8) is 0 Å². The van der Waals surface area contributed by atoms with Crippen molar-refractivity contribution in [3.8, 4) is 55.6 Å². The van der Waals surface area contributed by atoms with Crippen LogP contribution < -0.4 is 78.2 Å². The van der Waals surface area contributed by atoms with E-state index in [9.17, 15) is 32.8 Å². The molecular weight excluding hydrogens is 1630 g/mol. The average molecular weight is 1760 g/mol. The predicted molar refractivity (Wildman–Crippen MR) is 525 cm³/mol. The molecule has 1 saturated carbocycles. The molecule has 5 amide bonds. The van der Waals surface area contributed by atoms with Crippen LogP contribution in [0.4, 0.5) is 8.78 Å². The molecule has 0 radical (unpaired) electrons. The summed E-state index contributed by atoms with van der Waals surface area (Å²) in [6.45, 7) is 11.7. The molecule has 1 fully saturated rings. The summed E-state index contributed by atoms with van der Waals surface area (Å²) in [7, 11) is 0. The number of amides is 5. The highest BCUT2D eigenvalue weighted by molar-refractivity contribution is 6.05. The van der Waals surface area contributed by atoms with Gasteiger partial charge in [-0.3, -0.25) is 24.0 Å². The lowest BCUT2D eigenvalue weighted by Crippen LogP contribution is -2.38. The molecule has 0 bridgehead atoms. The van der Waals surface area contributed by atoms with E-state index in [-0.39, 0.29) is 65.3 Å². The highest BCUT2D eigenvalue weighted by Gasteiger charge is 2.25. The lowest BCUT2D eigenvalue weighted by Gasteiger charge is -2.11. The summed E-state index contributed by atoms with van der Waals surface area (Å²) >= 11 is 0. The van der Waals surface area contributed by atoms with Gasteiger partial charge < -0.3 is 103 Å². The number of aryl methyl sites for hydroxylation is 3. The fourth-order valence-electron chi connectivity index (χ4n) is 15.8. The van der Waals surface area contributed by atoms with Gasteiger partial charge in [0.15, 0.2) is 0 Å². The lowest BCUT2D eigenvalue weighted by atomic mass is 10.0.